The number of anilines is 4. The van der Waals surface area contributed by atoms with E-state index in [4.69, 9.17) is 25.6 Å². The number of primary amides is 1. The Morgan fingerprint density at radius 2 is 1.98 bits per heavy atom. The molecule has 1 amide bonds. The topological polar surface area (TPSA) is 195 Å². The molecule has 1 saturated heterocycles. The van der Waals surface area contributed by atoms with Crippen molar-refractivity contribution in [3.05, 3.63) is 58.0 Å². The summed E-state index contributed by atoms with van der Waals surface area (Å²) in [6.45, 7) is 2.48. The predicted octanol–water partition coefficient (Wildman–Crippen LogP) is 3.80. The average molecular weight is 641 g/mol. The van der Waals surface area contributed by atoms with Gasteiger partial charge in [-0.2, -0.15) is 14.6 Å². The number of hydrogen-bond donors (Lipinski definition) is 5. The van der Waals surface area contributed by atoms with E-state index in [0.29, 0.717) is 54.1 Å². The highest BCUT2D eigenvalue weighted by atomic mass is 32.1. The van der Waals surface area contributed by atoms with Gasteiger partial charge in [0.15, 0.2) is 22.9 Å². The molecule has 46 heavy (non-hydrogen) atoms. The smallest absolute Gasteiger partial charge is 0.256 e. The number of aromatic amines is 1. The maximum atomic E-state index is 13.1. The lowest BCUT2D eigenvalue weighted by molar-refractivity contribution is 0.100. The van der Waals surface area contributed by atoms with E-state index in [9.17, 15) is 9.59 Å². The summed E-state index contributed by atoms with van der Waals surface area (Å²) in [6.07, 6.45) is 7.16. The second-order valence-electron chi connectivity index (χ2n) is 11.6. The molecule has 6 heterocycles. The van der Waals surface area contributed by atoms with Crippen LogP contribution in [0.2, 0.25) is 0 Å². The first-order valence-corrected chi connectivity index (χ1v) is 16.2. The normalized spacial score (nSPS) is 18.8. The number of amides is 1. The summed E-state index contributed by atoms with van der Waals surface area (Å²) in [6, 6.07) is 7.35. The van der Waals surface area contributed by atoms with Crippen LogP contribution in [-0.2, 0) is 4.74 Å². The van der Waals surface area contributed by atoms with E-state index >= 15 is 0 Å². The fraction of sp³-hybridized carbons (Fsp3) is 0.323. The maximum absolute atomic E-state index is 13.1. The molecule has 2 aliphatic rings. The van der Waals surface area contributed by atoms with Gasteiger partial charge in [0.1, 0.15) is 16.6 Å². The molecule has 1 aliphatic carbocycles. The Morgan fingerprint density at radius 3 is 2.80 bits per heavy atom. The fourth-order valence-electron chi connectivity index (χ4n) is 6.48. The average Bonchev–Trinajstić information content (AvgIpc) is 3.83. The van der Waals surface area contributed by atoms with Gasteiger partial charge in [0.25, 0.3) is 5.91 Å². The molecular formula is C31H32N10O4S. The Hall–Kier alpha value is -4.99. The second-order valence-corrected chi connectivity index (χ2v) is 12.5. The minimum absolute atomic E-state index is 0.000396. The Kier molecular flexibility index (Phi) is 7.07. The molecule has 8 rings (SSSR count). The quantitative estimate of drug-likeness (QED) is 0.170. The van der Waals surface area contributed by atoms with Gasteiger partial charge < -0.3 is 41.1 Å². The number of nitrogens with two attached hydrogens (primary N) is 2. The van der Waals surface area contributed by atoms with E-state index in [0.717, 1.165) is 47.7 Å². The molecule has 15 heteroatoms. The Labute approximate surface area is 265 Å². The van der Waals surface area contributed by atoms with Gasteiger partial charge >= 0.3 is 0 Å². The van der Waals surface area contributed by atoms with E-state index in [2.05, 4.69) is 25.7 Å². The van der Waals surface area contributed by atoms with Crippen LogP contribution in [0.4, 0.5) is 23.3 Å². The van der Waals surface area contributed by atoms with Crippen molar-refractivity contribution in [2.45, 2.75) is 37.8 Å². The number of benzene rings is 1. The van der Waals surface area contributed by atoms with Crippen LogP contribution < -0.4 is 32.4 Å². The highest BCUT2D eigenvalue weighted by Gasteiger charge is 2.27. The number of nitrogens with one attached hydrogen (secondary N) is 3. The number of carbonyl (C=O) groups is 1. The van der Waals surface area contributed by atoms with Gasteiger partial charge in [-0.15, -0.1) is 11.3 Å². The van der Waals surface area contributed by atoms with E-state index < -0.39 is 5.91 Å². The number of thiophene rings is 1. The van der Waals surface area contributed by atoms with Gasteiger partial charge in [-0.3, -0.25) is 9.59 Å². The second kappa shape index (κ2) is 11.4. The lowest BCUT2D eigenvalue weighted by atomic mass is 9.91. The molecule has 0 radical (unpaired) electrons. The van der Waals surface area contributed by atoms with Crippen LogP contribution in [0, 0.1) is 0 Å². The zero-order chi connectivity index (χ0) is 31.4. The summed E-state index contributed by atoms with van der Waals surface area (Å²) in [7, 11) is 0. The van der Waals surface area contributed by atoms with Gasteiger partial charge in [0.2, 0.25) is 11.4 Å². The number of hydrogen-bond acceptors (Lipinski definition) is 12. The van der Waals surface area contributed by atoms with Gasteiger partial charge in [-0.25, -0.2) is 4.98 Å². The van der Waals surface area contributed by atoms with Gasteiger partial charge in [-0.1, -0.05) is 18.9 Å². The summed E-state index contributed by atoms with van der Waals surface area (Å²) >= 11 is 1.36. The van der Waals surface area contributed by atoms with E-state index in [1.165, 1.54) is 22.2 Å². The third kappa shape index (κ3) is 4.83. The standard InChI is InChI=1S/C31H32N10O4S/c32-19-3-1-2-4-20(19)38-31-39-29(24(28(33)43)30-35-15-36-41(30)31)37-21-6-5-16(17-7-8-34-25(17)21)18-14-46-27-22(42)13-23(45-26(18)27)40-9-11-44-12-10-40/h5-8,13-15,19-20,34,37H,1-4,9-12,32H2,(H2,33,43)(H,38,39)/t19-,20+/m1/s1. The SMILES string of the molecule is NC(=O)c1c(Nc2ccc(-c3csc4c(=O)cc(N5CCOCC5)oc34)c3cc[nH]c23)nc(N[C@H]2CCCC[C@H]2N)n2ncnc12. The molecule has 1 saturated carbocycles. The zero-order valence-electron chi connectivity index (χ0n) is 24.8. The number of rotatable bonds is 7. The van der Waals surface area contributed by atoms with E-state index in [-0.39, 0.29) is 34.5 Å². The molecule has 0 spiro atoms. The van der Waals surface area contributed by atoms with Gasteiger partial charge in [0, 0.05) is 53.8 Å². The first-order chi connectivity index (χ1) is 22.5. The molecule has 236 valence electrons. The summed E-state index contributed by atoms with van der Waals surface area (Å²) < 4.78 is 13.9. The van der Waals surface area contributed by atoms with Crippen LogP contribution in [-0.4, -0.2) is 68.9 Å². The Morgan fingerprint density at radius 1 is 1.13 bits per heavy atom. The van der Waals surface area contributed by atoms with Crippen LogP contribution in [0.3, 0.4) is 0 Å². The lowest BCUT2D eigenvalue weighted by Gasteiger charge is -2.29. The number of morpholine rings is 1. The van der Waals surface area contributed by atoms with Crippen molar-refractivity contribution in [3.63, 3.8) is 0 Å². The molecule has 2 atom stereocenters. The molecule has 6 aromatic rings. The molecule has 7 N–H and O–H groups in total. The number of carbonyl (C=O) groups excluding carboxylic acids is 1. The summed E-state index contributed by atoms with van der Waals surface area (Å²) in [5.74, 6) is 0.504. The van der Waals surface area contributed by atoms with Crippen molar-refractivity contribution in [3.8, 4) is 11.1 Å². The minimum atomic E-state index is -0.691. The van der Waals surface area contributed by atoms with Crippen LogP contribution in [0.25, 0.3) is 38.0 Å². The van der Waals surface area contributed by atoms with Crippen LogP contribution in [0.15, 0.2) is 51.4 Å². The van der Waals surface area contributed by atoms with E-state index in [1.54, 1.807) is 6.07 Å². The summed E-state index contributed by atoms with van der Waals surface area (Å²) in [4.78, 5) is 40.3. The number of fused-ring (bicyclic) bond motifs is 3. The lowest BCUT2D eigenvalue weighted by Crippen LogP contribution is -2.43. The predicted molar refractivity (Wildman–Crippen MR) is 177 cm³/mol. The number of aromatic nitrogens is 5. The largest absolute Gasteiger partial charge is 0.439 e. The zero-order valence-corrected chi connectivity index (χ0v) is 25.6. The van der Waals surface area contributed by atoms with Crippen molar-refractivity contribution in [2.24, 2.45) is 11.5 Å². The third-order valence-corrected chi connectivity index (χ3v) is 9.80. The first-order valence-electron chi connectivity index (χ1n) is 15.3. The van der Waals surface area contributed by atoms with Gasteiger partial charge in [-0.05, 0) is 30.5 Å². The molecule has 2 fully saturated rings. The van der Waals surface area contributed by atoms with Crippen LogP contribution in [0.5, 0.6) is 0 Å². The highest BCUT2D eigenvalue weighted by Crippen LogP contribution is 2.40. The molecule has 0 unspecified atom stereocenters. The van der Waals surface area contributed by atoms with Crippen molar-refractivity contribution >= 4 is 67.4 Å². The Bertz CT molecular complexity index is 2160. The molecule has 14 nitrogen and oxygen atoms in total. The third-order valence-electron chi connectivity index (χ3n) is 8.83. The van der Waals surface area contributed by atoms with Gasteiger partial charge in [0.05, 0.1) is 24.4 Å². The summed E-state index contributed by atoms with van der Waals surface area (Å²) in [5.41, 5.74) is 16.3. The highest BCUT2D eigenvalue weighted by molar-refractivity contribution is 7.17. The molecule has 1 aliphatic heterocycles. The number of H-pyrrole nitrogens is 1. The number of ether oxygens (including phenoxy) is 1. The monoisotopic (exact) mass is 640 g/mol. The van der Waals surface area contributed by atoms with Crippen molar-refractivity contribution in [1.29, 1.82) is 0 Å². The molecular weight excluding hydrogens is 608 g/mol. The maximum Gasteiger partial charge on any atom is 0.256 e. The van der Waals surface area contributed by atoms with Crippen LogP contribution in [0.1, 0.15) is 36.0 Å². The minimum Gasteiger partial charge on any atom is -0.439 e. The molecule has 0 bridgehead atoms. The van der Waals surface area contributed by atoms with Crippen LogP contribution >= 0.6 is 11.3 Å². The Balaban J connectivity index is 1.20. The molecule has 5 aromatic heterocycles. The molecule has 1 aromatic carbocycles. The summed E-state index contributed by atoms with van der Waals surface area (Å²) in [5, 5.41) is 13.9. The fourth-order valence-corrected chi connectivity index (χ4v) is 7.38. The van der Waals surface area contributed by atoms with Crippen molar-refractivity contribution < 1.29 is 13.9 Å². The van der Waals surface area contributed by atoms with Crippen molar-refractivity contribution in [2.75, 3.05) is 41.8 Å². The van der Waals surface area contributed by atoms with E-state index in [1.807, 2.05) is 34.7 Å². The number of nitrogens with zero attached hydrogens (tertiary/aromatic N) is 5. The first kappa shape index (κ1) is 28.5. The van der Waals surface area contributed by atoms with Crippen molar-refractivity contribution in [1.82, 2.24) is 24.6 Å².